The normalized spacial score (nSPS) is 46.4. The summed E-state index contributed by atoms with van der Waals surface area (Å²) in [4.78, 5) is 13.4. The zero-order valence-corrected chi connectivity index (χ0v) is 19.7. The van der Waals surface area contributed by atoms with Gasteiger partial charge >= 0.3 is 0 Å². The van der Waals surface area contributed by atoms with Gasteiger partial charge in [-0.25, -0.2) is 0 Å². The molecule has 0 aliphatic heterocycles. The zero-order chi connectivity index (χ0) is 21.8. The highest BCUT2D eigenvalue weighted by Crippen LogP contribution is 2.65. The van der Waals surface area contributed by atoms with Crippen LogP contribution in [-0.2, 0) is 4.79 Å². The van der Waals surface area contributed by atoms with E-state index in [4.69, 9.17) is 0 Å². The minimum absolute atomic E-state index is 0.109. The van der Waals surface area contributed by atoms with E-state index in [0.717, 1.165) is 19.3 Å². The van der Waals surface area contributed by atoms with Gasteiger partial charge in [-0.15, -0.1) is 0 Å². The fourth-order valence-corrected chi connectivity index (χ4v) is 8.06. The van der Waals surface area contributed by atoms with E-state index < -0.39 is 23.5 Å². The SMILES string of the molecule is CC(C)=CCCC(C)C1CCC2C3=CC(O)C4C(=O)C(C)(CCC4O)C3CCC21C. The highest BCUT2D eigenvalue weighted by molar-refractivity contribution is 5.90. The summed E-state index contributed by atoms with van der Waals surface area (Å²) in [6.07, 6.45) is 11.3. The number of fused-ring (bicyclic) bond motifs is 6. The Morgan fingerprint density at radius 1 is 1.13 bits per heavy atom. The molecule has 0 aromatic heterocycles. The second-order valence-electron chi connectivity index (χ2n) is 11.7. The lowest BCUT2D eigenvalue weighted by Crippen LogP contribution is -2.52. The van der Waals surface area contributed by atoms with Crippen LogP contribution in [0, 0.1) is 40.4 Å². The van der Waals surface area contributed by atoms with Crippen LogP contribution in [0.25, 0.3) is 0 Å². The van der Waals surface area contributed by atoms with Gasteiger partial charge in [-0.05, 0) is 94.3 Å². The molecule has 3 heteroatoms. The van der Waals surface area contributed by atoms with Crippen LogP contribution < -0.4 is 0 Å². The molecule has 0 aromatic carbocycles. The maximum absolute atomic E-state index is 13.4. The van der Waals surface area contributed by atoms with E-state index in [2.05, 4.69) is 40.7 Å². The largest absolute Gasteiger partial charge is 0.392 e. The van der Waals surface area contributed by atoms with Gasteiger partial charge in [-0.3, -0.25) is 4.79 Å². The first-order chi connectivity index (χ1) is 14.1. The van der Waals surface area contributed by atoms with Crippen molar-refractivity contribution >= 4 is 5.78 Å². The van der Waals surface area contributed by atoms with Crippen LogP contribution in [-0.4, -0.2) is 28.2 Å². The van der Waals surface area contributed by atoms with Crippen LogP contribution in [0.4, 0.5) is 0 Å². The first kappa shape index (κ1) is 22.3. The average Bonchev–Trinajstić information content (AvgIpc) is 3.00. The number of ketones is 1. The van der Waals surface area contributed by atoms with E-state index in [1.807, 2.05) is 6.08 Å². The molecule has 0 heterocycles. The molecule has 0 aromatic rings. The van der Waals surface area contributed by atoms with Crippen molar-refractivity contribution in [3.8, 4) is 0 Å². The molecule has 4 rings (SSSR count). The highest BCUT2D eigenvalue weighted by Gasteiger charge is 2.60. The molecule has 168 valence electrons. The number of carbonyl (C=O) groups excluding carboxylic acids is 1. The molecule has 3 nitrogen and oxygen atoms in total. The minimum Gasteiger partial charge on any atom is -0.392 e. The van der Waals surface area contributed by atoms with E-state index in [9.17, 15) is 15.0 Å². The molecule has 0 radical (unpaired) electrons. The van der Waals surface area contributed by atoms with E-state index in [1.54, 1.807) is 0 Å². The Labute approximate surface area is 183 Å². The summed E-state index contributed by atoms with van der Waals surface area (Å²) in [7, 11) is 0. The molecule has 9 unspecified atom stereocenters. The summed E-state index contributed by atoms with van der Waals surface area (Å²) in [5.74, 6) is 1.61. The fraction of sp³-hybridized carbons (Fsp3) is 0.815. The molecule has 0 amide bonds. The molecule has 9 atom stereocenters. The molecule has 2 bridgehead atoms. The third-order valence-corrected chi connectivity index (χ3v) is 9.79. The lowest BCUT2D eigenvalue weighted by atomic mass is 9.52. The molecule has 30 heavy (non-hydrogen) atoms. The number of Topliss-reactive ketones (excluding diaryl/α,β-unsaturated/α-hetero) is 1. The van der Waals surface area contributed by atoms with Crippen LogP contribution >= 0.6 is 0 Å². The number of rotatable bonds is 4. The molecule has 2 N–H and O–H groups in total. The Morgan fingerprint density at radius 2 is 1.87 bits per heavy atom. The van der Waals surface area contributed by atoms with Crippen molar-refractivity contribution in [1.29, 1.82) is 0 Å². The van der Waals surface area contributed by atoms with Crippen LogP contribution in [0.5, 0.6) is 0 Å². The average molecular weight is 415 g/mol. The molecule has 0 spiro atoms. The Balaban J connectivity index is 1.63. The van der Waals surface area contributed by atoms with Crippen molar-refractivity contribution in [2.24, 2.45) is 40.4 Å². The Bertz CT molecular complexity index is 747. The second kappa shape index (κ2) is 7.89. The van der Waals surface area contributed by atoms with Gasteiger partial charge in [0, 0.05) is 5.41 Å². The fourth-order valence-electron chi connectivity index (χ4n) is 8.06. The van der Waals surface area contributed by atoms with E-state index in [-0.39, 0.29) is 17.1 Å². The summed E-state index contributed by atoms with van der Waals surface area (Å²) >= 11 is 0. The summed E-state index contributed by atoms with van der Waals surface area (Å²) in [5.41, 5.74) is 2.62. The number of hydrogen-bond donors (Lipinski definition) is 2. The van der Waals surface area contributed by atoms with E-state index >= 15 is 0 Å². The smallest absolute Gasteiger partial charge is 0.147 e. The molecular weight excluding hydrogens is 372 g/mol. The van der Waals surface area contributed by atoms with Crippen molar-refractivity contribution in [3.63, 3.8) is 0 Å². The van der Waals surface area contributed by atoms with Crippen LogP contribution in [0.3, 0.4) is 0 Å². The predicted octanol–water partition coefficient (Wildman–Crippen LogP) is 5.46. The maximum atomic E-state index is 13.4. The van der Waals surface area contributed by atoms with Gasteiger partial charge in [-0.1, -0.05) is 44.1 Å². The van der Waals surface area contributed by atoms with Gasteiger partial charge < -0.3 is 10.2 Å². The Hall–Kier alpha value is -0.930. The predicted molar refractivity (Wildman–Crippen MR) is 121 cm³/mol. The standard InChI is InChI=1S/C27H42O3/c1-16(2)7-6-8-17(3)19-9-10-20-18-15-23(29)24-22(28)12-14-27(5,25(24)30)21(18)11-13-26(19,20)4/h7,15,17,19-24,28-29H,6,8-14H2,1-5H3. The van der Waals surface area contributed by atoms with Gasteiger partial charge in [-0.2, -0.15) is 0 Å². The lowest BCUT2D eigenvalue weighted by molar-refractivity contribution is -0.149. The topological polar surface area (TPSA) is 57.5 Å². The van der Waals surface area contributed by atoms with E-state index in [0.29, 0.717) is 24.2 Å². The summed E-state index contributed by atoms with van der Waals surface area (Å²) in [6.45, 7) is 11.4. The van der Waals surface area contributed by atoms with Crippen molar-refractivity contribution in [2.45, 2.75) is 98.2 Å². The Kier molecular flexibility index (Phi) is 5.85. The second-order valence-corrected chi connectivity index (χ2v) is 11.7. The number of aliphatic hydroxyl groups excluding tert-OH is 2. The number of aliphatic hydroxyl groups is 2. The van der Waals surface area contributed by atoms with Crippen LogP contribution in [0.15, 0.2) is 23.3 Å². The molecule has 3 fully saturated rings. The van der Waals surface area contributed by atoms with Gasteiger partial charge in [0.05, 0.1) is 18.1 Å². The molecule has 4 aliphatic rings. The number of carbonyl (C=O) groups is 1. The van der Waals surface area contributed by atoms with Crippen molar-refractivity contribution in [1.82, 2.24) is 0 Å². The van der Waals surface area contributed by atoms with Gasteiger partial charge in [0.25, 0.3) is 0 Å². The quantitative estimate of drug-likeness (QED) is 0.601. The first-order valence-electron chi connectivity index (χ1n) is 12.3. The third-order valence-electron chi connectivity index (χ3n) is 9.79. The lowest BCUT2D eigenvalue weighted by Gasteiger charge is -2.52. The molecule has 0 saturated heterocycles. The molecule has 3 saturated carbocycles. The van der Waals surface area contributed by atoms with Crippen LogP contribution in [0.2, 0.25) is 0 Å². The number of hydrogen-bond acceptors (Lipinski definition) is 3. The van der Waals surface area contributed by atoms with Gasteiger partial charge in [0.2, 0.25) is 0 Å². The highest BCUT2D eigenvalue weighted by atomic mass is 16.3. The summed E-state index contributed by atoms with van der Waals surface area (Å²) < 4.78 is 0. The first-order valence-corrected chi connectivity index (χ1v) is 12.3. The molecule has 4 aliphatic carbocycles. The van der Waals surface area contributed by atoms with Gasteiger partial charge in [0.15, 0.2) is 0 Å². The maximum Gasteiger partial charge on any atom is 0.147 e. The van der Waals surface area contributed by atoms with Crippen LogP contribution in [0.1, 0.15) is 86.0 Å². The Morgan fingerprint density at radius 3 is 2.57 bits per heavy atom. The monoisotopic (exact) mass is 414 g/mol. The van der Waals surface area contributed by atoms with Crippen molar-refractivity contribution in [2.75, 3.05) is 0 Å². The van der Waals surface area contributed by atoms with Crippen molar-refractivity contribution in [3.05, 3.63) is 23.3 Å². The summed E-state index contributed by atoms with van der Waals surface area (Å²) in [6, 6.07) is 0. The van der Waals surface area contributed by atoms with Crippen molar-refractivity contribution < 1.29 is 15.0 Å². The third kappa shape index (κ3) is 3.35. The van der Waals surface area contributed by atoms with Gasteiger partial charge in [0.1, 0.15) is 5.78 Å². The van der Waals surface area contributed by atoms with E-state index in [1.165, 1.54) is 36.8 Å². The summed E-state index contributed by atoms with van der Waals surface area (Å²) in [5, 5.41) is 21.5. The number of allylic oxidation sites excluding steroid dienone is 3. The minimum atomic E-state index is -0.830. The zero-order valence-electron chi connectivity index (χ0n) is 19.7. The molecular formula is C27H42O3.